The van der Waals surface area contributed by atoms with Crippen molar-refractivity contribution < 1.29 is 18.7 Å². The molecule has 1 N–H and O–H groups in total. The molecule has 0 bridgehead atoms. The first-order chi connectivity index (χ1) is 11.9. The lowest BCUT2D eigenvalue weighted by Gasteiger charge is -2.12. The molecule has 2 aromatic rings. The third kappa shape index (κ3) is 4.78. The van der Waals surface area contributed by atoms with Crippen LogP contribution in [0.25, 0.3) is 0 Å². The molecule has 25 heavy (non-hydrogen) atoms. The quantitative estimate of drug-likeness (QED) is 0.799. The number of hydrogen-bond donors (Lipinski definition) is 1. The first-order valence-corrected chi connectivity index (χ1v) is 7.67. The number of rotatable bonds is 6. The number of nitrogens with one attached hydrogen (secondary N) is 1. The monoisotopic (exact) mass is 360 g/mol. The summed E-state index contributed by atoms with van der Waals surface area (Å²) < 4.78 is 18.0. The molecule has 0 saturated carbocycles. The Hall–Kier alpha value is -2.91. The molecule has 1 amide bonds. The van der Waals surface area contributed by atoms with Gasteiger partial charge in [0, 0.05) is 10.7 Å². The average molecular weight is 361 g/mol. The molecule has 0 heterocycles. The van der Waals surface area contributed by atoms with E-state index in [2.05, 4.69) is 5.32 Å². The Labute approximate surface area is 149 Å². The highest BCUT2D eigenvalue weighted by atomic mass is 35.5. The van der Waals surface area contributed by atoms with Crippen molar-refractivity contribution in [3.63, 3.8) is 0 Å². The zero-order chi connectivity index (χ0) is 18.4. The van der Waals surface area contributed by atoms with Crippen LogP contribution in [-0.2, 0) is 9.59 Å². The molecular formula is C18H14ClFN2O3. The molecule has 1 atom stereocenters. The Bertz CT molecular complexity index is 831. The van der Waals surface area contributed by atoms with E-state index in [0.717, 1.165) is 0 Å². The van der Waals surface area contributed by atoms with Crippen LogP contribution in [0.4, 0.5) is 10.1 Å². The van der Waals surface area contributed by atoms with E-state index in [4.69, 9.17) is 21.6 Å². The molecule has 0 unspecified atom stereocenters. The minimum absolute atomic E-state index is 0.262. The fourth-order valence-corrected chi connectivity index (χ4v) is 2.17. The second-order valence-corrected chi connectivity index (χ2v) is 5.58. The van der Waals surface area contributed by atoms with Crippen molar-refractivity contribution in [1.29, 1.82) is 5.26 Å². The molecule has 0 fully saturated rings. The van der Waals surface area contributed by atoms with Crippen molar-refractivity contribution in [2.45, 2.75) is 6.92 Å². The molecule has 2 rings (SSSR count). The van der Waals surface area contributed by atoms with Gasteiger partial charge in [0.15, 0.2) is 11.7 Å². The van der Waals surface area contributed by atoms with Crippen molar-refractivity contribution in [3.8, 4) is 11.8 Å². The Morgan fingerprint density at radius 1 is 1.28 bits per heavy atom. The fourth-order valence-electron chi connectivity index (χ4n) is 1.99. The van der Waals surface area contributed by atoms with E-state index in [1.54, 1.807) is 31.2 Å². The number of benzene rings is 2. The summed E-state index contributed by atoms with van der Waals surface area (Å²) in [4.78, 5) is 24.3. The minimum Gasteiger partial charge on any atom is -0.486 e. The molecule has 0 aromatic heterocycles. The van der Waals surface area contributed by atoms with Crippen LogP contribution in [-0.4, -0.2) is 18.3 Å². The van der Waals surface area contributed by atoms with Gasteiger partial charge in [-0.1, -0.05) is 17.7 Å². The first-order valence-electron chi connectivity index (χ1n) is 7.29. The Balaban J connectivity index is 2.01. The van der Waals surface area contributed by atoms with Crippen molar-refractivity contribution in [2.75, 3.05) is 11.9 Å². The summed E-state index contributed by atoms with van der Waals surface area (Å²) in [6.45, 7) is 1.23. The smallest absolute Gasteiger partial charge is 0.249 e. The summed E-state index contributed by atoms with van der Waals surface area (Å²) in [5.41, 5.74) is 1.05. The van der Waals surface area contributed by atoms with Crippen LogP contribution in [0.1, 0.15) is 5.56 Å². The lowest BCUT2D eigenvalue weighted by atomic mass is 10.1. The largest absolute Gasteiger partial charge is 0.486 e. The molecular weight excluding hydrogens is 347 g/mol. The molecule has 0 aliphatic carbocycles. The first kappa shape index (κ1) is 18.4. The highest BCUT2D eigenvalue weighted by Gasteiger charge is 2.27. The van der Waals surface area contributed by atoms with Gasteiger partial charge >= 0.3 is 0 Å². The highest BCUT2D eigenvalue weighted by Crippen LogP contribution is 2.23. The number of ether oxygens (including phenoxy) is 1. The zero-order valence-corrected chi connectivity index (χ0v) is 14.0. The molecule has 0 saturated heterocycles. The number of amides is 1. The van der Waals surface area contributed by atoms with Gasteiger partial charge in [-0.25, -0.2) is 4.39 Å². The fraction of sp³-hybridized carbons (Fsp3) is 0.167. The predicted octanol–water partition coefficient (Wildman–Crippen LogP) is 3.51. The Morgan fingerprint density at radius 2 is 1.96 bits per heavy atom. The highest BCUT2D eigenvalue weighted by molar-refractivity contribution is 6.31. The van der Waals surface area contributed by atoms with E-state index in [9.17, 15) is 14.0 Å². The van der Waals surface area contributed by atoms with Crippen molar-refractivity contribution in [1.82, 2.24) is 0 Å². The number of ketones is 1. The average Bonchev–Trinajstić information content (AvgIpc) is 2.59. The predicted molar refractivity (Wildman–Crippen MR) is 90.8 cm³/mol. The van der Waals surface area contributed by atoms with E-state index >= 15 is 0 Å². The van der Waals surface area contributed by atoms with Crippen molar-refractivity contribution >= 4 is 29.0 Å². The van der Waals surface area contributed by atoms with Crippen LogP contribution in [0, 0.1) is 30.0 Å². The summed E-state index contributed by atoms with van der Waals surface area (Å²) in [5, 5.41) is 12.1. The lowest BCUT2D eigenvalue weighted by molar-refractivity contribution is -0.130. The lowest BCUT2D eigenvalue weighted by Crippen LogP contribution is -2.32. The molecule has 0 spiro atoms. The minimum atomic E-state index is -1.53. The number of carbonyl (C=O) groups excluding carboxylic acids is 2. The van der Waals surface area contributed by atoms with Gasteiger partial charge in [0.25, 0.3) is 0 Å². The molecule has 0 aliphatic heterocycles. The van der Waals surface area contributed by atoms with Crippen LogP contribution in [0.2, 0.25) is 5.02 Å². The van der Waals surface area contributed by atoms with E-state index in [1.165, 1.54) is 24.3 Å². The summed E-state index contributed by atoms with van der Waals surface area (Å²) >= 11 is 5.97. The Morgan fingerprint density at radius 3 is 2.60 bits per heavy atom. The number of carbonyl (C=O) groups is 2. The maximum atomic E-state index is 12.8. The standard InChI is InChI=1S/C18H14ClFN2O3/c1-11-15(19)3-2-4-16(11)22-18(24)14(9-21)17(23)10-25-13-7-5-12(20)6-8-13/h2-8,14H,10H2,1H3,(H,22,24)/t14-/m1/s1. The number of nitriles is 1. The summed E-state index contributed by atoms with van der Waals surface area (Å²) in [5.74, 6) is -3.18. The summed E-state index contributed by atoms with van der Waals surface area (Å²) in [6, 6.07) is 11.6. The van der Waals surface area contributed by atoms with Crippen LogP contribution in [0.15, 0.2) is 42.5 Å². The maximum Gasteiger partial charge on any atom is 0.249 e. The van der Waals surface area contributed by atoms with E-state index < -0.39 is 30.0 Å². The normalized spacial score (nSPS) is 11.3. The van der Waals surface area contributed by atoms with Gasteiger partial charge in [0.2, 0.25) is 5.91 Å². The SMILES string of the molecule is Cc1c(Cl)cccc1NC(=O)[C@H](C#N)C(=O)COc1ccc(F)cc1. The van der Waals surface area contributed by atoms with E-state index in [1.807, 2.05) is 0 Å². The molecule has 128 valence electrons. The third-order valence-electron chi connectivity index (χ3n) is 3.43. The van der Waals surface area contributed by atoms with Crippen LogP contribution in [0.5, 0.6) is 5.75 Å². The maximum absolute atomic E-state index is 12.8. The Kier molecular flexibility index (Phi) is 6.09. The summed E-state index contributed by atoms with van der Waals surface area (Å²) in [6.07, 6.45) is 0. The van der Waals surface area contributed by atoms with Crippen LogP contribution in [0.3, 0.4) is 0 Å². The second-order valence-electron chi connectivity index (χ2n) is 5.17. The second kappa shape index (κ2) is 8.27. The van der Waals surface area contributed by atoms with Gasteiger partial charge in [-0.05, 0) is 48.9 Å². The van der Waals surface area contributed by atoms with Crippen LogP contribution < -0.4 is 10.1 Å². The van der Waals surface area contributed by atoms with Gasteiger partial charge in [-0.2, -0.15) is 5.26 Å². The molecule has 7 heteroatoms. The van der Waals surface area contributed by atoms with Gasteiger partial charge in [-0.3, -0.25) is 9.59 Å². The topological polar surface area (TPSA) is 79.2 Å². The van der Waals surface area contributed by atoms with Crippen molar-refractivity contribution in [2.24, 2.45) is 5.92 Å². The summed E-state index contributed by atoms with van der Waals surface area (Å²) in [7, 11) is 0. The van der Waals surface area contributed by atoms with Gasteiger partial charge < -0.3 is 10.1 Å². The van der Waals surface area contributed by atoms with E-state index in [0.29, 0.717) is 16.3 Å². The molecule has 2 aromatic carbocycles. The van der Waals surface area contributed by atoms with E-state index in [-0.39, 0.29) is 5.75 Å². The van der Waals surface area contributed by atoms with Crippen LogP contribution >= 0.6 is 11.6 Å². The third-order valence-corrected chi connectivity index (χ3v) is 3.84. The number of hydrogen-bond acceptors (Lipinski definition) is 4. The molecule has 5 nitrogen and oxygen atoms in total. The van der Waals surface area contributed by atoms with Gasteiger partial charge in [0.05, 0.1) is 6.07 Å². The zero-order valence-electron chi connectivity index (χ0n) is 13.3. The molecule has 0 radical (unpaired) electrons. The van der Waals surface area contributed by atoms with Crippen molar-refractivity contribution in [3.05, 3.63) is 58.9 Å². The molecule has 0 aliphatic rings. The number of anilines is 1. The number of halogens is 2. The number of Topliss-reactive ketones (excluding diaryl/α,β-unsaturated/α-hetero) is 1. The number of nitrogens with zero attached hydrogens (tertiary/aromatic N) is 1. The van der Waals surface area contributed by atoms with Gasteiger partial charge in [-0.15, -0.1) is 0 Å². The van der Waals surface area contributed by atoms with Gasteiger partial charge in [0.1, 0.15) is 18.2 Å².